The van der Waals surface area contributed by atoms with Crippen LogP contribution in [0.4, 0.5) is 34.1 Å². The van der Waals surface area contributed by atoms with Crippen LogP contribution in [0.15, 0.2) is 231 Å². The van der Waals surface area contributed by atoms with E-state index in [0.717, 1.165) is 79.4 Å². The van der Waals surface area contributed by atoms with Gasteiger partial charge >= 0.3 is 0 Å². The summed E-state index contributed by atoms with van der Waals surface area (Å²) in [6, 6.07) is 81.7. The van der Waals surface area contributed by atoms with Crippen molar-refractivity contribution in [2.24, 2.45) is 0 Å². The summed E-state index contributed by atoms with van der Waals surface area (Å²) in [5.74, 6) is 3.16. The lowest BCUT2D eigenvalue weighted by Gasteiger charge is -2.38. The Bertz CT molecular complexity index is 3220. The van der Waals surface area contributed by atoms with Crippen molar-refractivity contribution in [1.82, 2.24) is 0 Å². The Labute approximate surface area is 360 Å². The summed E-state index contributed by atoms with van der Waals surface area (Å²) in [5, 5.41) is 2.49. The molecule has 4 heteroatoms. The van der Waals surface area contributed by atoms with Crippen molar-refractivity contribution < 1.29 is 9.47 Å². The standard InChI is InChI=1S/C58H38N2O2/c1-2-11-39(12-3-1)41-23-29-49(30-24-41)59(51-33-27-43(28-34-51)47-22-21-40-13-4-5-14-44(40)36-47)50-31-25-42(26-32-50)45-15-10-16-46(35-45)48-37-56-58-57(38-48)62-55-20-9-7-18-53(55)60(58)52-17-6-8-19-54(52)61-56/h1-38H. The highest BCUT2D eigenvalue weighted by Gasteiger charge is 2.35. The molecule has 0 N–H and O–H groups in total. The lowest BCUT2D eigenvalue weighted by molar-refractivity contribution is 0.446. The third-order valence-electron chi connectivity index (χ3n) is 12.0. The first-order valence-corrected chi connectivity index (χ1v) is 21.0. The normalized spacial score (nSPS) is 12.1. The van der Waals surface area contributed by atoms with E-state index < -0.39 is 0 Å². The monoisotopic (exact) mass is 794 g/mol. The van der Waals surface area contributed by atoms with E-state index in [2.05, 4.69) is 204 Å². The zero-order valence-electron chi connectivity index (χ0n) is 33.7. The predicted octanol–water partition coefficient (Wildman–Crippen LogP) is 16.7. The number of benzene rings is 10. The number of nitrogens with zero attached hydrogens (tertiary/aromatic N) is 2. The first kappa shape index (κ1) is 35.6. The van der Waals surface area contributed by atoms with Gasteiger partial charge in [0.15, 0.2) is 23.0 Å². The van der Waals surface area contributed by atoms with Crippen molar-refractivity contribution >= 4 is 44.9 Å². The number of anilines is 6. The van der Waals surface area contributed by atoms with E-state index in [0.29, 0.717) is 0 Å². The van der Waals surface area contributed by atoms with Crippen molar-refractivity contribution in [3.05, 3.63) is 231 Å². The van der Waals surface area contributed by atoms with Gasteiger partial charge in [0.25, 0.3) is 0 Å². The molecule has 4 nitrogen and oxygen atoms in total. The zero-order valence-corrected chi connectivity index (χ0v) is 33.7. The molecule has 0 aliphatic carbocycles. The maximum absolute atomic E-state index is 6.57. The average Bonchev–Trinajstić information content (AvgIpc) is 3.34. The first-order chi connectivity index (χ1) is 30.7. The largest absolute Gasteiger partial charge is 0.453 e. The second-order valence-corrected chi connectivity index (χ2v) is 15.8. The van der Waals surface area contributed by atoms with Crippen LogP contribution in [0.1, 0.15) is 0 Å². The van der Waals surface area contributed by atoms with E-state index in [1.54, 1.807) is 0 Å². The molecular weight excluding hydrogens is 757 g/mol. The summed E-state index contributed by atoms with van der Waals surface area (Å²) in [5.41, 5.74) is 15.3. The smallest absolute Gasteiger partial charge is 0.156 e. The van der Waals surface area contributed by atoms with Crippen molar-refractivity contribution in [3.63, 3.8) is 0 Å². The summed E-state index contributed by atoms with van der Waals surface area (Å²) >= 11 is 0. The van der Waals surface area contributed by atoms with E-state index in [-0.39, 0.29) is 0 Å². The van der Waals surface area contributed by atoms with Crippen LogP contribution in [0.2, 0.25) is 0 Å². The molecule has 12 rings (SSSR count). The highest BCUT2D eigenvalue weighted by molar-refractivity contribution is 5.95. The van der Waals surface area contributed by atoms with E-state index in [1.807, 2.05) is 36.4 Å². The number of rotatable bonds is 7. The molecule has 0 radical (unpaired) electrons. The summed E-state index contributed by atoms with van der Waals surface area (Å²) in [7, 11) is 0. The van der Waals surface area contributed by atoms with Crippen LogP contribution >= 0.6 is 0 Å². The molecule has 292 valence electrons. The molecule has 2 aliphatic rings. The minimum atomic E-state index is 0.766. The number of hydrogen-bond acceptors (Lipinski definition) is 4. The molecule has 0 saturated heterocycles. The van der Waals surface area contributed by atoms with Crippen molar-refractivity contribution in [1.29, 1.82) is 0 Å². The quantitative estimate of drug-likeness (QED) is 0.160. The van der Waals surface area contributed by atoms with E-state index >= 15 is 0 Å². The summed E-state index contributed by atoms with van der Waals surface area (Å²) in [6.45, 7) is 0. The Kier molecular flexibility index (Phi) is 8.46. The molecule has 0 unspecified atom stereocenters. The minimum Gasteiger partial charge on any atom is -0.453 e. The SMILES string of the molecule is c1ccc(-c2ccc(N(c3ccc(-c4cccc(-c5cc6c7c(c5)Oc5ccccc5N7c5ccccc5O6)c4)cc3)c3ccc(-c4ccc5ccccc5c4)cc3)cc2)cc1. The number of ether oxygens (including phenoxy) is 2. The average molecular weight is 795 g/mol. The first-order valence-electron chi connectivity index (χ1n) is 21.0. The Morgan fingerprint density at radius 3 is 1.27 bits per heavy atom. The van der Waals surface area contributed by atoms with Crippen molar-refractivity contribution in [2.45, 2.75) is 0 Å². The third-order valence-corrected chi connectivity index (χ3v) is 12.0. The lowest BCUT2D eigenvalue weighted by atomic mass is 9.97. The fourth-order valence-corrected chi connectivity index (χ4v) is 8.92. The Hall–Kier alpha value is -8.34. The summed E-state index contributed by atoms with van der Waals surface area (Å²) in [4.78, 5) is 4.58. The van der Waals surface area contributed by atoms with Gasteiger partial charge in [0.05, 0.1) is 11.4 Å². The third kappa shape index (κ3) is 6.25. The number of fused-ring (bicyclic) bond motifs is 5. The van der Waals surface area contributed by atoms with Crippen LogP contribution in [0.5, 0.6) is 23.0 Å². The van der Waals surface area contributed by atoms with Crippen LogP contribution in [0.25, 0.3) is 55.3 Å². The molecule has 10 aromatic rings. The van der Waals surface area contributed by atoms with Gasteiger partial charge in [-0.2, -0.15) is 0 Å². The summed E-state index contributed by atoms with van der Waals surface area (Å²) in [6.07, 6.45) is 0. The molecule has 0 amide bonds. The predicted molar refractivity (Wildman–Crippen MR) is 255 cm³/mol. The minimum absolute atomic E-state index is 0.766. The highest BCUT2D eigenvalue weighted by Crippen LogP contribution is 2.60. The van der Waals surface area contributed by atoms with Gasteiger partial charge in [0, 0.05) is 17.1 Å². The van der Waals surface area contributed by atoms with Gasteiger partial charge in [-0.25, -0.2) is 0 Å². The van der Waals surface area contributed by atoms with Gasteiger partial charge in [0.2, 0.25) is 0 Å². The van der Waals surface area contributed by atoms with Crippen LogP contribution in [0, 0.1) is 0 Å². The van der Waals surface area contributed by atoms with E-state index in [4.69, 9.17) is 9.47 Å². The van der Waals surface area contributed by atoms with Crippen LogP contribution in [0.3, 0.4) is 0 Å². The molecule has 0 spiro atoms. The highest BCUT2D eigenvalue weighted by atomic mass is 16.5. The Balaban J connectivity index is 0.885. The van der Waals surface area contributed by atoms with E-state index in [1.165, 1.54) is 33.0 Å². The molecule has 62 heavy (non-hydrogen) atoms. The van der Waals surface area contributed by atoms with Gasteiger partial charge in [-0.3, -0.25) is 4.90 Å². The van der Waals surface area contributed by atoms with Gasteiger partial charge in [-0.1, -0.05) is 146 Å². The van der Waals surface area contributed by atoms with Gasteiger partial charge in [0.1, 0.15) is 5.69 Å². The van der Waals surface area contributed by atoms with E-state index in [9.17, 15) is 0 Å². The van der Waals surface area contributed by atoms with Crippen LogP contribution in [-0.2, 0) is 0 Å². The summed E-state index contributed by atoms with van der Waals surface area (Å²) < 4.78 is 13.1. The lowest BCUT2D eigenvalue weighted by Crippen LogP contribution is -2.20. The van der Waals surface area contributed by atoms with Crippen LogP contribution < -0.4 is 19.3 Å². The maximum atomic E-state index is 6.57. The van der Waals surface area contributed by atoms with Gasteiger partial charge < -0.3 is 14.4 Å². The molecule has 10 aromatic carbocycles. The fourth-order valence-electron chi connectivity index (χ4n) is 8.92. The zero-order chi connectivity index (χ0) is 41.0. The molecule has 0 aromatic heterocycles. The van der Waals surface area contributed by atoms with Gasteiger partial charge in [-0.05, 0) is 140 Å². The van der Waals surface area contributed by atoms with Gasteiger partial charge in [-0.15, -0.1) is 0 Å². The number of hydrogen-bond donors (Lipinski definition) is 0. The Morgan fingerprint density at radius 2 is 0.694 bits per heavy atom. The van der Waals surface area contributed by atoms with Crippen molar-refractivity contribution in [2.75, 3.05) is 9.80 Å². The molecule has 0 saturated carbocycles. The second kappa shape index (κ2) is 14.7. The molecular formula is C58H38N2O2. The molecule has 0 fully saturated rings. The Morgan fingerprint density at radius 1 is 0.274 bits per heavy atom. The maximum Gasteiger partial charge on any atom is 0.156 e. The second-order valence-electron chi connectivity index (χ2n) is 15.8. The molecule has 0 bridgehead atoms. The molecule has 2 aliphatic heterocycles. The molecule has 0 atom stereocenters. The van der Waals surface area contributed by atoms with Crippen molar-refractivity contribution in [3.8, 4) is 67.5 Å². The topological polar surface area (TPSA) is 24.9 Å². The fraction of sp³-hybridized carbons (Fsp3) is 0. The van der Waals surface area contributed by atoms with Crippen LogP contribution in [-0.4, -0.2) is 0 Å². The number of para-hydroxylation sites is 4. The molecule has 2 heterocycles.